The van der Waals surface area contributed by atoms with Gasteiger partial charge >= 0.3 is 6.03 Å². The summed E-state index contributed by atoms with van der Waals surface area (Å²) in [5, 5.41) is 13.1. The van der Waals surface area contributed by atoms with Gasteiger partial charge < -0.3 is 20.2 Å². The smallest absolute Gasteiger partial charge is 0.319 e. The van der Waals surface area contributed by atoms with E-state index < -0.39 is 0 Å². The van der Waals surface area contributed by atoms with Crippen molar-refractivity contribution in [2.45, 2.75) is 24.9 Å². The maximum absolute atomic E-state index is 11.9. The van der Waals surface area contributed by atoms with Crippen molar-refractivity contribution in [1.82, 2.24) is 15.1 Å². The van der Waals surface area contributed by atoms with Gasteiger partial charge in [-0.1, -0.05) is 30.3 Å². The Morgan fingerprint density at radius 2 is 1.95 bits per heavy atom. The first-order valence-electron chi connectivity index (χ1n) is 7.50. The molecule has 116 valence electrons. The molecule has 1 aliphatic heterocycles. The highest BCUT2D eigenvalue weighted by Crippen LogP contribution is 2.18. The minimum Gasteiger partial charge on any atom is -0.394 e. The molecule has 2 amide bonds. The number of amides is 2. The number of aliphatic hydroxyl groups excluding tert-OH is 1. The van der Waals surface area contributed by atoms with Crippen LogP contribution in [0.4, 0.5) is 4.79 Å². The van der Waals surface area contributed by atoms with Crippen LogP contribution in [0.15, 0.2) is 30.3 Å². The number of hydrogen-bond acceptors (Lipinski definition) is 3. The molecule has 1 atom stereocenters. The first-order valence-corrected chi connectivity index (χ1v) is 7.50. The van der Waals surface area contributed by atoms with Gasteiger partial charge in [-0.05, 0) is 18.4 Å². The fourth-order valence-corrected chi connectivity index (χ4v) is 2.74. The molecule has 0 aromatic heterocycles. The zero-order valence-corrected chi connectivity index (χ0v) is 12.8. The van der Waals surface area contributed by atoms with Gasteiger partial charge in [0.1, 0.15) is 0 Å². The van der Waals surface area contributed by atoms with E-state index in [9.17, 15) is 9.90 Å². The normalized spacial score (nSPS) is 17.6. The molecule has 21 heavy (non-hydrogen) atoms. The van der Waals surface area contributed by atoms with Crippen LogP contribution in [0.25, 0.3) is 0 Å². The molecule has 1 heterocycles. The number of carbonyl (C=O) groups is 1. The van der Waals surface area contributed by atoms with Crippen molar-refractivity contribution in [1.29, 1.82) is 0 Å². The monoisotopic (exact) mass is 291 g/mol. The van der Waals surface area contributed by atoms with E-state index in [1.54, 1.807) is 19.0 Å². The predicted octanol–water partition coefficient (Wildman–Crippen LogP) is 1.46. The number of nitrogens with zero attached hydrogens (tertiary/aromatic N) is 2. The Morgan fingerprint density at radius 3 is 2.48 bits per heavy atom. The number of rotatable bonds is 4. The van der Waals surface area contributed by atoms with Crippen LogP contribution in [-0.2, 0) is 0 Å². The number of likely N-dealkylation sites (tertiary alicyclic amines) is 1. The average molecular weight is 291 g/mol. The highest BCUT2D eigenvalue weighted by Gasteiger charge is 2.25. The van der Waals surface area contributed by atoms with Crippen molar-refractivity contribution < 1.29 is 9.90 Å². The first kappa shape index (κ1) is 15.8. The van der Waals surface area contributed by atoms with E-state index in [1.165, 1.54) is 0 Å². The van der Waals surface area contributed by atoms with Crippen LogP contribution in [0.5, 0.6) is 0 Å². The van der Waals surface area contributed by atoms with Crippen molar-refractivity contribution in [3.8, 4) is 0 Å². The second-order valence-electron chi connectivity index (χ2n) is 5.75. The van der Waals surface area contributed by atoms with Crippen molar-refractivity contribution >= 4 is 6.03 Å². The van der Waals surface area contributed by atoms with Gasteiger partial charge in [0.25, 0.3) is 0 Å². The molecule has 0 saturated carbocycles. The molecule has 5 heteroatoms. The lowest BCUT2D eigenvalue weighted by Gasteiger charge is -2.35. The zero-order chi connectivity index (χ0) is 15.2. The number of hydrogen-bond donors (Lipinski definition) is 2. The van der Waals surface area contributed by atoms with Gasteiger partial charge in [0.2, 0.25) is 0 Å². The van der Waals surface area contributed by atoms with Gasteiger partial charge in [-0.3, -0.25) is 0 Å². The molecule has 5 nitrogen and oxygen atoms in total. The van der Waals surface area contributed by atoms with Crippen LogP contribution >= 0.6 is 0 Å². The van der Waals surface area contributed by atoms with Crippen molar-refractivity contribution in [2.75, 3.05) is 33.8 Å². The molecule has 1 fully saturated rings. The van der Waals surface area contributed by atoms with Crippen LogP contribution in [0.2, 0.25) is 0 Å². The Kier molecular flexibility index (Phi) is 5.59. The summed E-state index contributed by atoms with van der Waals surface area (Å²) < 4.78 is 0. The van der Waals surface area contributed by atoms with Gasteiger partial charge in [0.15, 0.2) is 0 Å². The number of benzene rings is 1. The number of aliphatic hydroxyl groups is 1. The van der Waals surface area contributed by atoms with Crippen molar-refractivity contribution in [3.05, 3.63) is 35.9 Å². The molecule has 0 radical (unpaired) electrons. The van der Waals surface area contributed by atoms with E-state index >= 15 is 0 Å². The van der Waals surface area contributed by atoms with Crippen LogP contribution in [0.1, 0.15) is 24.4 Å². The molecule has 1 saturated heterocycles. The summed E-state index contributed by atoms with van der Waals surface area (Å²) in [4.78, 5) is 15.4. The fourth-order valence-electron chi connectivity index (χ4n) is 2.74. The topological polar surface area (TPSA) is 55.8 Å². The first-order chi connectivity index (χ1) is 10.1. The molecule has 1 aromatic rings. The molecule has 0 unspecified atom stereocenters. The van der Waals surface area contributed by atoms with Gasteiger partial charge in [-0.25, -0.2) is 4.79 Å². The van der Waals surface area contributed by atoms with Gasteiger partial charge in [-0.15, -0.1) is 0 Å². The Bertz CT molecular complexity index is 442. The average Bonchev–Trinajstić information content (AvgIpc) is 2.53. The fraction of sp³-hybridized carbons (Fsp3) is 0.562. The molecule has 2 rings (SSSR count). The summed E-state index contributed by atoms with van der Waals surface area (Å²) in [7, 11) is 3.56. The van der Waals surface area contributed by atoms with Crippen LogP contribution in [0.3, 0.4) is 0 Å². The van der Waals surface area contributed by atoms with Gasteiger partial charge in [0, 0.05) is 33.2 Å². The van der Waals surface area contributed by atoms with E-state index in [4.69, 9.17) is 0 Å². The Morgan fingerprint density at radius 1 is 1.33 bits per heavy atom. The Hall–Kier alpha value is -1.59. The number of piperidine rings is 1. The standard InChI is InChI=1S/C16H25N3O2/c1-18(2)16(21)19-10-8-14(9-11-19)17-15(12-20)13-6-4-3-5-7-13/h3-7,14-15,17,20H,8-12H2,1-2H3/t15-/m0/s1. The Balaban J connectivity index is 1.86. The number of urea groups is 1. The highest BCUT2D eigenvalue weighted by atomic mass is 16.3. The van der Waals surface area contributed by atoms with Crippen LogP contribution < -0.4 is 5.32 Å². The summed E-state index contributed by atoms with van der Waals surface area (Å²) >= 11 is 0. The Labute approximate surface area is 126 Å². The van der Waals surface area contributed by atoms with E-state index in [2.05, 4.69) is 5.32 Å². The number of nitrogens with one attached hydrogen (secondary N) is 1. The molecule has 2 N–H and O–H groups in total. The summed E-state index contributed by atoms with van der Waals surface area (Å²) in [6, 6.07) is 10.4. The highest BCUT2D eigenvalue weighted by molar-refractivity contribution is 5.73. The van der Waals surface area contributed by atoms with Crippen LogP contribution in [-0.4, -0.2) is 60.8 Å². The van der Waals surface area contributed by atoms with E-state index in [0.29, 0.717) is 6.04 Å². The maximum atomic E-state index is 11.9. The second kappa shape index (κ2) is 7.43. The SMILES string of the molecule is CN(C)C(=O)N1CCC(N[C@@H](CO)c2ccccc2)CC1. The third-order valence-corrected chi connectivity index (χ3v) is 3.97. The van der Waals surface area contributed by atoms with Crippen molar-refractivity contribution in [3.63, 3.8) is 0 Å². The molecule has 1 aliphatic rings. The van der Waals surface area contributed by atoms with E-state index in [1.807, 2.05) is 35.2 Å². The van der Waals surface area contributed by atoms with Gasteiger partial charge in [0.05, 0.1) is 12.6 Å². The molecule has 0 spiro atoms. The lowest BCUT2D eigenvalue weighted by Crippen LogP contribution is -2.48. The predicted molar refractivity (Wildman–Crippen MR) is 83.1 cm³/mol. The minimum atomic E-state index is -0.0349. The largest absolute Gasteiger partial charge is 0.394 e. The lowest BCUT2D eigenvalue weighted by molar-refractivity contribution is 0.146. The number of carbonyl (C=O) groups excluding carboxylic acids is 1. The second-order valence-corrected chi connectivity index (χ2v) is 5.75. The third kappa shape index (κ3) is 4.19. The quantitative estimate of drug-likeness (QED) is 0.883. The summed E-state index contributed by atoms with van der Waals surface area (Å²) in [6.45, 7) is 1.62. The summed E-state index contributed by atoms with van der Waals surface area (Å²) in [5.41, 5.74) is 1.10. The molecular formula is C16H25N3O2. The molecule has 1 aromatic carbocycles. The summed E-state index contributed by atoms with van der Waals surface area (Å²) in [6.07, 6.45) is 1.84. The zero-order valence-electron chi connectivity index (χ0n) is 12.8. The minimum absolute atomic E-state index is 0.0349. The maximum Gasteiger partial charge on any atom is 0.319 e. The molecule has 0 aliphatic carbocycles. The summed E-state index contributed by atoms with van der Waals surface area (Å²) in [5.74, 6) is 0. The van der Waals surface area contributed by atoms with E-state index in [0.717, 1.165) is 31.5 Å². The third-order valence-electron chi connectivity index (χ3n) is 3.97. The molecular weight excluding hydrogens is 266 g/mol. The molecule has 0 bridgehead atoms. The van der Waals surface area contributed by atoms with E-state index in [-0.39, 0.29) is 18.7 Å². The van der Waals surface area contributed by atoms with Gasteiger partial charge in [-0.2, -0.15) is 0 Å². The van der Waals surface area contributed by atoms with Crippen LogP contribution in [0, 0.1) is 0 Å². The lowest BCUT2D eigenvalue weighted by atomic mass is 10.0. The van der Waals surface area contributed by atoms with Crippen molar-refractivity contribution in [2.24, 2.45) is 0 Å².